The number of rotatable bonds is 4. The summed E-state index contributed by atoms with van der Waals surface area (Å²) in [4.78, 5) is 14.5. The van der Waals surface area contributed by atoms with Gasteiger partial charge in [0.05, 0.1) is 0 Å². The van der Waals surface area contributed by atoms with Gasteiger partial charge in [-0.3, -0.25) is 4.79 Å². The highest BCUT2D eigenvalue weighted by Gasteiger charge is 2.42. The van der Waals surface area contributed by atoms with E-state index in [1.165, 1.54) is 15.6 Å². The van der Waals surface area contributed by atoms with Crippen LogP contribution in [0.1, 0.15) is 19.3 Å². The molecule has 2 N–H and O–H groups in total. The second-order valence-corrected chi connectivity index (χ2v) is 8.95. The Bertz CT molecular complexity index is 630. The molecular formula is C14H21N3O3S2. The summed E-state index contributed by atoms with van der Waals surface area (Å²) in [6.45, 7) is 2.33. The molecule has 1 aromatic heterocycles. The highest BCUT2D eigenvalue weighted by molar-refractivity contribution is 7.91. The summed E-state index contributed by atoms with van der Waals surface area (Å²) in [7, 11) is -3.56. The molecule has 3 rings (SSSR count). The molecule has 8 heteroatoms. The van der Waals surface area contributed by atoms with Crippen molar-refractivity contribution in [2.24, 2.45) is 11.7 Å². The van der Waals surface area contributed by atoms with E-state index in [-0.39, 0.29) is 5.91 Å². The van der Waals surface area contributed by atoms with Crippen LogP contribution in [0.3, 0.4) is 0 Å². The van der Waals surface area contributed by atoms with Crippen molar-refractivity contribution in [3.05, 3.63) is 17.5 Å². The first-order valence-corrected chi connectivity index (χ1v) is 9.90. The molecule has 0 aliphatic carbocycles. The van der Waals surface area contributed by atoms with Crippen LogP contribution in [-0.4, -0.2) is 55.8 Å². The lowest BCUT2D eigenvalue weighted by Crippen LogP contribution is -2.47. The minimum Gasteiger partial charge on any atom is -0.341 e. The number of hydrogen-bond donors (Lipinski definition) is 1. The van der Waals surface area contributed by atoms with Crippen molar-refractivity contribution in [1.82, 2.24) is 9.21 Å². The number of likely N-dealkylation sites (tertiary alicyclic amines) is 1. The van der Waals surface area contributed by atoms with Gasteiger partial charge in [-0.1, -0.05) is 6.07 Å². The van der Waals surface area contributed by atoms with Gasteiger partial charge in [0.25, 0.3) is 10.0 Å². The fourth-order valence-electron chi connectivity index (χ4n) is 3.24. The SMILES string of the molecule is NCC1CCN(C(=O)C2CCCN2S(=O)(=O)c2cccs2)C1. The molecule has 122 valence electrons. The zero-order chi connectivity index (χ0) is 15.7. The van der Waals surface area contributed by atoms with E-state index in [1.807, 2.05) is 0 Å². The molecule has 0 spiro atoms. The average Bonchev–Trinajstić information content (AvgIpc) is 3.26. The molecule has 6 nitrogen and oxygen atoms in total. The van der Waals surface area contributed by atoms with Crippen LogP contribution < -0.4 is 5.73 Å². The molecule has 2 saturated heterocycles. The topological polar surface area (TPSA) is 83.7 Å². The van der Waals surface area contributed by atoms with Gasteiger partial charge in [0, 0.05) is 19.6 Å². The van der Waals surface area contributed by atoms with E-state index >= 15 is 0 Å². The molecule has 0 aromatic carbocycles. The van der Waals surface area contributed by atoms with Crippen molar-refractivity contribution in [2.75, 3.05) is 26.2 Å². The van der Waals surface area contributed by atoms with Crippen LogP contribution in [0.4, 0.5) is 0 Å². The third-order valence-electron chi connectivity index (χ3n) is 4.48. The zero-order valence-corrected chi connectivity index (χ0v) is 14.0. The lowest BCUT2D eigenvalue weighted by atomic mass is 10.1. The van der Waals surface area contributed by atoms with Crippen molar-refractivity contribution >= 4 is 27.3 Å². The van der Waals surface area contributed by atoms with E-state index in [2.05, 4.69) is 0 Å². The van der Waals surface area contributed by atoms with Crippen LogP contribution >= 0.6 is 11.3 Å². The van der Waals surface area contributed by atoms with Gasteiger partial charge >= 0.3 is 0 Å². The van der Waals surface area contributed by atoms with Crippen molar-refractivity contribution in [3.63, 3.8) is 0 Å². The molecule has 2 unspecified atom stereocenters. The fourth-order valence-corrected chi connectivity index (χ4v) is 6.01. The van der Waals surface area contributed by atoms with E-state index < -0.39 is 16.1 Å². The highest BCUT2D eigenvalue weighted by Crippen LogP contribution is 2.30. The number of carbonyl (C=O) groups is 1. The molecule has 2 fully saturated rings. The normalized spacial score (nSPS) is 26.7. The van der Waals surface area contributed by atoms with Crippen LogP contribution in [0.15, 0.2) is 21.7 Å². The number of amides is 1. The first-order valence-electron chi connectivity index (χ1n) is 7.58. The molecule has 22 heavy (non-hydrogen) atoms. The van der Waals surface area contributed by atoms with Gasteiger partial charge in [0.15, 0.2) is 0 Å². The minimum absolute atomic E-state index is 0.0615. The Morgan fingerprint density at radius 1 is 1.36 bits per heavy atom. The third kappa shape index (κ3) is 2.80. The van der Waals surface area contributed by atoms with Gasteiger partial charge in [-0.2, -0.15) is 4.31 Å². The number of nitrogens with two attached hydrogens (primary N) is 1. The number of sulfonamides is 1. The Hall–Kier alpha value is -0.960. The van der Waals surface area contributed by atoms with Gasteiger partial charge < -0.3 is 10.6 Å². The van der Waals surface area contributed by atoms with Crippen molar-refractivity contribution in [2.45, 2.75) is 29.5 Å². The van der Waals surface area contributed by atoms with Gasteiger partial charge in [-0.15, -0.1) is 11.3 Å². The maximum atomic E-state index is 12.7. The Morgan fingerprint density at radius 2 is 2.18 bits per heavy atom. The molecular weight excluding hydrogens is 322 g/mol. The Balaban J connectivity index is 1.78. The molecule has 2 aliphatic rings. The van der Waals surface area contributed by atoms with E-state index in [1.54, 1.807) is 22.4 Å². The van der Waals surface area contributed by atoms with Gasteiger partial charge in [-0.05, 0) is 43.2 Å². The second-order valence-electron chi connectivity index (χ2n) is 5.88. The number of nitrogens with zero attached hydrogens (tertiary/aromatic N) is 2. The summed E-state index contributed by atoms with van der Waals surface area (Å²) in [6.07, 6.45) is 2.25. The predicted octanol–water partition coefficient (Wildman–Crippen LogP) is 0.708. The Labute approximate surface area is 134 Å². The van der Waals surface area contributed by atoms with Crippen LogP contribution in [-0.2, 0) is 14.8 Å². The summed E-state index contributed by atoms with van der Waals surface area (Å²) in [6, 6.07) is 2.76. The van der Waals surface area contributed by atoms with Crippen LogP contribution in [0.25, 0.3) is 0 Å². The standard InChI is InChI=1S/C14H21N3O3S2/c15-9-11-5-7-16(10-11)14(18)12-3-1-6-17(12)22(19,20)13-4-2-8-21-13/h2,4,8,11-12H,1,3,5-7,9-10,15H2. The lowest BCUT2D eigenvalue weighted by Gasteiger charge is -2.27. The third-order valence-corrected chi connectivity index (χ3v) is 7.76. The number of thiophene rings is 1. The first kappa shape index (κ1) is 15.9. The average molecular weight is 343 g/mol. The minimum atomic E-state index is -3.56. The summed E-state index contributed by atoms with van der Waals surface area (Å²) < 4.78 is 27.1. The predicted molar refractivity (Wildman–Crippen MR) is 85.0 cm³/mol. The molecule has 0 saturated carbocycles. The summed E-state index contributed by atoms with van der Waals surface area (Å²) in [5.74, 6) is 0.279. The van der Waals surface area contributed by atoms with E-state index in [0.717, 1.165) is 12.8 Å². The summed E-state index contributed by atoms with van der Waals surface area (Å²) in [5, 5.41) is 1.74. The molecule has 2 aliphatic heterocycles. The van der Waals surface area contributed by atoms with E-state index in [9.17, 15) is 13.2 Å². The molecule has 1 amide bonds. The summed E-state index contributed by atoms with van der Waals surface area (Å²) >= 11 is 1.20. The van der Waals surface area contributed by atoms with Crippen molar-refractivity contribution < 1.29 is 13.2 Å². The van der Waals surface area contributed by atoms with Gasteiger partial charge in [0.1, 0.15) is 10.3 Å². The van der Waals surface area contributed by atoms with Crippen molar-refractivity contribution in [3.8, 4) is 0 Å². The van der Waals surface area contributed by atoms with Gasteiger partial charge in [-0.25, -0.2) is 8.42 Å². The summed E-state index contributed by atoms with van der Waals surface area (Å²) in [5.41, 5.74) is 5.67. The van der Waals surface area contributed by atoms with Crippen LogP contribution in [0.5, 0.6) is 0 Å². The molecule has 1 aromatic rings. The second kappa shape index (κ2) is 6.27. The quantitative estimate of drug-likeness (QED) is 0.873. The Kier molecular flexibility index (Phi) is 4.54. The van der Waals surface area contributed by atoms with Crippen LogP contribution in [0, 0.1) is 5.92 Å². The monoisotopic (exact) mass is 343 g/mol. The van der Waals surface area contributed by atoms with Gasteiger partial charge in [0.2, 0.25) is 5.91 Å². The molecule has 3 heterocycles. The maximum absolute atomic E-state index is 12.7. The Morgan fingerprint density at radius 3 is 2.82 bits per heavy atom. The largest absolute Gasteiger partial charge is 0.341 e. The van der Waals surface area contributed by atoms with E-state index in [4.69, 9.17) is 5.73 Å². The number of carbonyl (C=O) groups excluding carboxylic acids is 1. The fraction of sp³-hybridized carbons (Fsp3) is 0.643. The lowest BCUT2D eigenvalue weighted by molar-refractivity contribution is -0.133. The first-order chi connectivity index (χ1) is 10.5. The smallest absolute Gasteiger partial charge is 0.253 e. The molecule has 2 atom stereocenters. The highest BCUT2D eigenvalue weighted by atomic mass is 32.2. The molecule has 0 radical (unpaired) electrons. The maximum Gasteiger partial charge on any atom is 0.253 e. The number of hydrogen-bond acceptors (Lipinski definition) is 5. The molecule has 0 bridgehead atoms. The van der Waals surface area contributed by atoms with Crippen molar-refractivity contribution in [1.29, 1.82) is 0 Å². The van der Waals surface area contributed by atoms with E-state index in [0.29, 0.717) is 42.7 Å². The zero-order valence-electron chi connectivity index (χ0n) is 12.3. The van der Waals surface area contributed by atoms with Crippen LogP contribution in [0.2, 0.25) is 0 Å².